The smallest absolute Gasteiger partial charge is 0.130 e. The number of ether oxygens (including phenoxy) is 1. The van der Waals surface area contributed by atoms with Gasteiger partial charge >= 0.3 is 0 Å². The van der Waals surface area contributed by atoms with Crippen molar-refractivity contribution in [3.8, 4) is 11.5 Å². The van der Waals surface area contributed by atoms with Gasteiger partial charge in [-0.15, -0.1) is 0 Å². The second-order valence-corrected chi connectivity index (χ2v) is 3.92. The molecular formula is C15H20NOP. The summed E-state index contributed by atoms with van der Waals surface area (Å²) in [6, 6.07) is 17.9. The zero-order chi connectivity index (χ0) is 11.9. The molecule has 2 rings (SSSR count). The number of hydrogen-bond donors (Lipinski definition) is 1. The van der Waals surface area contributed by atoms with Gasteiger partial charge in [-0.2, -0.15) is 9.90 Å². The molecule has 0 aliphatic carbocycles. The number of rotatable bonds is 5. The van der Waals surface area contributed by atoms with Crippen molar-refractivity contribution >= 4 is 9.90 Å². The zero-order valence-electron chi connectivity index (χ0n) is 10.5. The molecule has 0 aromatic heterocycles. The van der Waals surface area contributed by atoms with Crippen molar-refractivity contribution in [2.45, 2.75) is 12.8 Å². The minimum absolute atomic E-state index is 0. The fourth-order valence-corrected chi connectivity index (χ4v) is 1.72. The van der Waals surface area contributed by atoms with E-state index in [-0.39, 0.29) is 9.90 Å². The molecule has 3 heteroatoms. The average Bonchev–Trinajstić information content (AvgIpc) is 2.39. The van der Waals surface area contributed by atoms with Gasteiger partial charge in [0, 0.05) is 0 Å². The number of para-hydroxylation sites is 2. The second-order valence-electron chi connectivity index (χ2n) is 3.92. The monoisotopic (exact) mass is 261 g/mol. The van der Waals surface area contributed by atoms with Gasteiger partial charge < -0.3 is 10.5 Å². The molecule has 0 spiro atoms. The van der Waals surface area contributed by atoms with E-state index in [0.717, 1.165) is 24.3 Å². The maximum Gasteiger partial charge on any atom is 0.130 e. The third-order valence-corrected chi connectivity index (χ3v) is 2.59. The van der Waals surface area contributed by atoms with E-state index in [2.05, 4.69) is 6.07 Å². The van der Waals surface area contributed by atoms with Gasteiger partial charge in [0.05, 0.1) is 0 Å². The first kappa shape index (κ1) is 14.7. The Balaban J connectivity index is 0.00000162. The summed E-state index contributed by atoms with van der Waals surface area (Å²) in [4.78, 5) is 0. The van der Waals surface area contributed by atoms with Crippen LogP contribution < -0.4 is 10.5 Å². The first-order valence-corrected chi connectivity index (χ1v) is 5.91. The Morgan fingerprint density at radius 3 is 2.28 bits per heavy atom. The molecule has 18 heavy (non-hydrogen) atoms. The largest absolute Gasteiger partial charge is 0.457 e. The van der Waals surface area contributed by atoms with Crippen molar-refractivity contribution in [3.63, 3.8) is 0 Å². The van der Waals surface area contributed by atoms with Crippen LogP contribution in [-0.4, -0.2) is 6.54 Å². The standard InChI is InChI=1S/C15H17NO.H3P/c16-12-6-8-13-7-4-5-11-15(13)17-14-9-2-1-3-10-14;/h1-5,7,9-11H,6,8,12,16H2;1H3. The molecule has 96 valence electrons. The highest BCUT2D eigenvalue weighted by Gasteiger charge is 2.03. The molecule has 1 atom stereocenters. The molecular weight excluding hydrogens is 241 g/mol. The molecule has 0 aliphatic rings. The summed E-state index contributed by atoms with van der Waals surface area (Å²) >= 11 is 0. The number of aryl methyl sites for hydroxylation is 1. The lowest BCUT2D eigenvalue weighted by Crippen LogP contribution is -2.01. The highest BCUT2D eigenvalue weighted by molar-refractivity contribution is 6.92. The SMILES string of the molecule is NCCCc1ccccc1Oc1ccccc1.P. The number of nitrogens with two attached hydrogens (primary N) is 1. The summed E-state index contributed by atoms with van der Waals surface area (Å²) in [6.07, 6.45) is 1.94. The number of benzene rings is 2. The molecule has 2 aromatic rings. The van der Waals surface area contributed by atoms with Crippen LogP contribution in [0.15, 0.2) is 54.6 Å². The van der Waals surface area contributed by atoms with Crippen molar-refractivity contribution in [1.29, 1.82) is 0 Å². The van der Waals surface area contributed by atoms with Gasteiger partial charge in [0.1, 0.15) is 11.5 Å². The second kappa shape index (κ2) is 7.86. The van der Waals surface area contributed by atoms with Crippen LogP contribution in [0.2, 0.25) is 0 Å². The molecule has 0 bridgehead atoms. The summed E-state index contributed by atoms with van der Waals surface area (Å²) in [6.45, 7) is 0.708. The Labute approximate surface area is 112 Å². The maximum absolute atomic E-state index is 5.87. The lowest BCUT2D eigenvalue weighted by molar-refractivity contribution is 0.475. The minimum atomic E-state index is 0. The normalized spacial score (nSPS) is 9.61. The van der Waals surface area contributed by atoms with E-state index in [0.29, 0.717) is 6.54 Å². The van der Waals surface area contributed by atoms with Crippen molar-refractivity contribution in [3.05, 3.63) is 60.2 Å². The lowest BCUT2D eigenvalue weighted by atomic mass is 10.1. The molecule has 0 saturated heterocycles. The average molecular weight is 261 g/mol. The van der Waals surface area contributed by atoms with Crippen LogP contribution in [0.3, 0.4) is 0 Å². The predicted octanol–water partition coefficient (Wildman–Crippen LogP) is 3.43. The van der Waals surface area contributed by atoms with Crippen LogP contribution in [0.4, 0.5) is 0 Å². The summed E-state index contributed by atoms with van der Waals surface area (Å²) in [7, 11) is 0. The Bertz CT molecular complexity index is 459. The van der Waals surface area contributed by atoms with E-state index >= 15 is 0 Å². The number of hydrogen-bond acceptors (Lipinski definition) is 2. The van der Waals surface area contributed by atoms with Gasteiger partial charge in [0.25, 0.3) is 0 Å². The van der Waals surface area contributed by atoms with Crippen LogP contribution >= 0.6 is 9.90 Å². The van der Waals surface area contributed by atoms with E-state index in [4.69, 9.17) is 10.5 Å². The third-order valence-electron chi connectivity index (χ3n) is 2.59. The molecule has 1 unspecified atom stereocenters. The summed E-state index contributed by atoms with van der Waals surface area (Å²) in [5, 5.41) is 0. The van der Waals surface area contributed by atoms with E-state index in [9.17, 15) is 0 Å². The Morgan fingerprint density at radius 2 is 1.56 bits per heavy atom. The summed E-state index contributed by atoms with van der Waals surface area (Å²) < 4.78 is 5.87. The van der Waals surface area contributed by atoms with Crippen LogP contribution in [0.1, 0.15) is 12.0 Å². The highest BCUT2D eigenvalue weighted by atomic mass is 31.0. The fourth-order valence-electron chi connectivity index (χ4n) is 1.72. The molecule has 0 saturated carbocycles. The van der Waals surface area contributed by atoms with Crippen LogP contribution in [0, 0.1) is 0 Å². The van der Waals surface area contributed by atoms with Crippen LogP contribution in [0.5, 0.6) is 11.5 Å². The maximum atomic E-state index is 5.87. The van der Waals surface area contributed by atoms with Gasteiger partial charge in [0.15, 0.2) is 0 Å². The molecule has 0 heterocycles. The molecule has 0 aliphatic heterocycles. The van der Waals surface area contributed by atoms with E-state index in [1.165, 1.54) is 5.56 Å². The van der Waals surface area contributed by atoms with Gasteiger partial charge in [-0.3, -0.25) is 0 Å². The Hall–Kier alpha value is -1.37. The van der Waals surface area contributed by atoms with Crippen LogP contribution in [-0.2, 0) is 6.42 Å². The van der Waals surface area contributed by atoms with E-state index < -0.39 is 0 Å². The van der Waals surface area contributed by atoms with Crippen molar-refractivity contribution in [2.24, 2.45) is 5.73 Å². The van der Waals surface area contributed by atoms with Gasteiger partial charge in [-0.1, -0.05) is 36.4 Å². The molecule has 2 aromatic carbocycles. The molecule has 0 radical (unpaired) electrons. The molecule has 2 N–H and O–H groups in total. The van der Waals surface area contributed by atoms with Crippen molar-refractivity contribution < 1.29 is 4.74 Å². The predicted molar refractivity (Wildman–Crippen MR) is 81.4 cm³/mol. The van der Waals surface area contributed by atoms with Gasteiger partial charge in [-0.25, -0.2) is 0 Å². The van der Waals surface area contributed by atoms with Crippen LogP contribution in [0.25, 0.3) is 0 Å². The first-order valence-electron chi connectivity index (χ1n) is 5.91. The zero-order valence-corrected chi connectivity index (χ0v) is 11.9. The Morgan fingerprint density at radius 1 is 0.889 bits per heavy atom. The fraction of sp³-hybridized carbons (Fsp3) is 0.200. The molecule has 2 nitrogen and oxygen atoms in total. The van der Waals surface area contributed by atoms with E-state index in [1.807, 2.05) is 48.5 Å². The Kier molecular flexibility index (Phi) is 6.42. The summed E-state index contributed by atoms with van der Waals surface area (Å²) in [5.41, 5.74) is 6.75. The first-order chi connectivity index (χ1) is 8.40. The van der Waals surface area contributed by atoms with E-state index in [1.54, 1.807) is 0 Å². The molecule has 0 fully saturated rings. The summed E-state index contributed by atoms with van der Waals surface area (Å²) in [5.74, 6) is 1.79. The van der Waals surface area contributed by atoms with Crippen molar-refractivity contribution in [1.82, 2.24) is 0 Å². The quantitative estimate of drug-likeness (QED) is 0.837. The lowest BCUT2D eigenvalue weighted by Gasteiger charge is -2.10. The topological polar surface area (TPSA) is 35.2 Å². The third kappa shape index (κ3) is 4.14. The van der Waals surface area contributed by atoms with Crippen molar-refractivity contribution in [2.75, 3.05) is 6.54 Å². The highest BCUT2D eigenvalue weighted by Crippen LogP contribution is 2.25. The van der Waals surface area contributed by atoms with Gasteiger partial charge in [-0.05, 0) is 43.1 Å². The van der Waals surface area contributed by atoms with Gasteiger partial charge in [0.2, 0.25) is 0 Å². The molecule has 0 amide bonds. The minimum Gasteiger partial charge on any atom is -0.457 e.